The van der Waals surface area contributed by atoms with Gasteiger partial charge in [-0.2, -0.15) is 5.26 Å². The van der Waals surface area contributed by atoms with Crippen LogP contribution in [-0.2, 0) is 24.3 Å². The molecule has 0 radical (unpaired) electrons. The van der Waals surface area contributed by atoms with Gasteiger partial charge in [0, 0.05) is 17.9 Å². The molecule has 226 valence electrons. The number of carbonyl (C=O) groups excluding carboxylic acids is 3. The summed E-state index contributed by atoms with van der Waals surface area (Å²) in [6.07, 6.45) is 0.699. The number of ether oxygens (including phenoxy) is 1. The first-order valence-electron chi connectivity index (χ1n) is 12.9. The molecule has 6 N–H and O–H groups in total. The summed E-state index contributed by atoms with van der Waals surface area (Å²) in [4.78, 5) is 41.6. The number of sulfonamides is 1. The van der Waals surface area contributed by atoms with Crippen molar-refractivity contribution in [3.8, 4) is 6.07 Å². The first-order valence-corrected chi connectivity index (χ1v) is 15.3. The number of hydrogen-bond donors (Lipinski definition) is 5. The summed E-state index contributed by atoms with van der Waals surface area (Å²) in [6.45, 7) is 1.84. The topological polar surface area (TPSA) is 205 Å². The maximum absolute atomic E-state index is 13.2. The lowest BCUT2D eigenvalue weighted by atomic mass is 10.1. The van der Waals surface area contributed by atoms with Crippen LogP contribution >= 0.6 is 11.3 Å². The van der Waals surface area contributed by atoms with Crippen molar-refractivity contribution in [1.82, 2.24) is 5.32 Å². The number of rotatable bonds is 14. The number of benzene rings is 2. The van der Waals surface area contributed by atoms with Crippen molar-refractivity contribution in [3.63, 3.8) is 0 Å². The highest BCUT2D eigenvalue weighted by Crippen LogP contribution is 2.26. The van der Waals surface area contributed by atoms with Gasteiger partial charge in [-0.05, 0) is 67.6 Å². The van der Waals surface area contributed by atoms with E-state index in [0.717, 1.165) is 11.3 Å². The summed E-state index contributed by atoms with van der Waals surface area (Å²) >= 11 is 1.00. The molecule has 0 spiro atoms. The molecule has 0 unspecified atom stereocenters. The van der Waals surface area contributed by atoms with Crippen molar-refractivity contribution in [2.45, 2.75) is 30.7 Å². The zero-order valence-electron chi connectivity index (χ0n) is 23.4. The summed E-state index contributed by atoms with van der Waals surface area (Å²) < 4.78 is 33.6. The summed E-state index contributed by atoms with van der Waals surface area (Å²) in [6, 6.07) is 14.7. The number of thiophene rings is 1. The molecule has 1 atom stereocenters. The van der Waals surface area contributed by atoms with Crippen LogP contribution in [0.5, 0.6) is 0 Å². The van der Waals surface area contributed by atoms with Gasteiger partial charge < -0.3 is 26.4 Å². The van der Waals surface area contributed by atoms with E-state index in [9.17, 15) is 22.8 Å². The van der Waals surface area contributed by atoms with Crippen LogP contribution in [0.1, 0.15) is 35.0 Å². The van der Waals surface area contributed by atoms with Gasteiger partial charge in [0.15, 0.2) is 0 Å². The average molecular weight is 626 g/mol. The van der Waals surface area contributed by atoms with Crippen LogP contribution in [0.25, 0.3) is 0 Å². The van der Waals surface area contributed by atoms with E-state index < -0.39 is 33.8 Å². The molecule has 3 aromatic rings. The smallest absolute Gasteiger partial charge is 0.328 e. The van der Waals surface area contributed by atoms with Crippen LogP contribution in [0.3, 0.4) is 0 Å². The Balaban J connectivity index is 1.65. The van der Waals surface area contributed by atoms with E-state index in [2.05, 4.69) is 25.7 Å². The quantitative estimate of drug-likeness (QED) is 0.0772. The summed E-state index contributed by atoms with van der Waals surface area (Å²) in [5.74, 6) is -1.29. The number of nitriles is 1. The standard InChI is InChI=1S/C28H31N7O6S2/c1-18(30)31-12-5-10-24(28(38)41-2)34-27(37)26-23(11-13-42-26)35-43(39,40)22-9-4-7-20(15-22)32-17-25(36)33-21-8-3-6-19(14-21)16-29/h3-4,6-9,11,13-15,24,32,35H,5,10,12,17H2,1-2H3,(H2,30,31)(H,33,36)(H,34,37)/t24-/m0/s1. The third kappa shape index (κ3) is 9.83. The van der Waals surface area contributed by atoms with Gasteiger partial charge >= 0.3 is 5.97 Å². The Labute approximate surface area is 253 Å². The predicted molar refractivity (Wildman–Crippen MR) is 165 cm³/mol. The lowest BCUT2D eigenvalue weighted by Gasteiger charge is -2.16. The molecule has 1 aromatic heterocycles. The van der Waals surface area contributed by atoms with Crippen molar-refractivity contribution in [1.29, 1.82) is 5.26 Å². The fraction of sp³-hybridized carbons (Fsp3) is 0.250. The van der Waals surface area contributed by atoms with Crippen LogP contribution < -0.4 is 26.4 Å². The summed E-state index contributed by atoms with van der Waals surface area (Å²) in [5, 5.41) is 18.7. The fourth-order valence-electron chi connectivity index (χ4n) is 3.76. The van der Waals surface area contributed by atoms with Crippen LogP contribution in [-0.4, -0.2) is 58.3 Å². The number of nitrogens with zero attached hydrogens (tertiary/aromatic N) is 2. The second-order valence-electron chi connectivity index (χ2n) is 9.11. The molecule has 0 aliphatic rings. The Kier molecular flexibility index (Phi) is 11.6. The first kappa shape index (κ1) is 32.6. The number of aliphatic imine (C=N–C) groups is 1. The molecular formula is C28H31N7O6S2. The summed E-state index contributed by atoms with van der Waals surface area (Å²) in [5.41, 5.74) is 6.77. The molecular weight excluding hydrogens is 594 g/mol. The molecule has 0 fully saturated rings. The Bertz CT molecular complexity index is 1640. The second-order valence-corrected chi connectivity index (χ2v) is 11.7. The molecule has 13 nitrogen and oxygen atoms in total. The summed E-state index contributed by atoms with van der Waals surface area (Å²) in [7, 11) is -2.94. The highest BCUT2D eigenvalue weighted by Gasteiger charge is 2.25. The highest BCUT2D eigenvalue weighted by molar-refractivity contribution is 7.92. The van der Waals surface area contributed by atoms with Crippen molar-refractivity contribution in [2.75, 3.05) is 35.6 Å². The Morgan fingerprint density at radius 2 is 1.86 bits per heavy atom. The van der Waals surface area contributed by atoms with E-state index in [1.165, 1.54) is 37.4 Å². The van der Waals surface area contributed by atoms with Crippen LogP contribution in [0.4, 0.5) is 17.1 Å². The Hall–Kier alpha value is -4.94. The molecule has 2 amide bonds. The number of nitrogens with two attached hydrogens (primary N) is 1. The maximum atomic E-state index is 13.2. The van der Waals surface area contributed by atoms with Gasteiger partial charge in [0.05, 0.1) is 41.7 Å². The molecule has 1 heterocycles. The second kappa shape index (κ2) is 15.3. The van der Waals surface area contributed by atoms with E-state index in [4.69, 9.17) is 15.7 Å². The fourth-order valence-corrected chi connectivity index (χ4v) is 5.70. The molecule has 0 saturated heterocycles. The molecule has 2 aromatic carbocycles. The van der Waals surface area contributed by atoms with E-state index in [0.29, 0.717) is 35.7 Å². The van der Waals surface area contributed by atoms with Gasteiger partial charge in [-0.3, -0.25) is 19.3 Å². The Morgan fingerprint density at radius 3 is 2.58 bits per heavy atom. The SMILES string of the molecule is COC(=O)[C@H](CCCN=C(C)N)NC(=O)c1sccc1NS(=O)(=O)c1cccc(NCC(=O)Nc2cccc(C#N)c2)c1. The number of carbonyl (C=O) groups is 3. The third-order valence-corrected chi connectivity index (χ3v) is 8.07. The average Bonchev–Trinajstić information content (AvgIpc) is 3.44. The number of esters is 1. The molecule has 0 aliphatic heterocycles. The van der Waals surface area contributed by atoms with E-state index in [1.54, 1.807) is 36.6 Å². The first-order chi connectivity index (χ1) is 20.5. The van der Waals surface area contributed by atoms with Gasteiger partial charge in [0.25, 0.3) is 15.9 Å². The number of hydrogen-bond acceptors (Lipinski definition) is 10. The largest absolute Gasteiger partial charge is 0.467 e. The van der Waals surface area contributed by atoms with Gasteiger partial charge in [0.2, 0.25) is 5.91 Å². The van der Waals surface area contributed by atoms with Gasteiger partial charge in [0.1, 0.15) is 10.9 Å². The molecule has 15 heteroatoms. The minimum absolute atomic E-state index is 0.0341. The number of amides is 2. The van der Waals surface area contributed by atoms with Crippen LogP contribution in [0.15, 0.2) is 69.9 Å². The highest BCUT2D eigenvalue weighted by atomic mass is 32.2. The van der Waals surface area contributed by atoms with Crippen molar-refractivity contribution in [2.24, 2.45) is 10.7 Å². The molecule has 43 heavy (non-hydrogen) atoms. The van der Waals surface area contributed by atoms with Crippen LogP contribution in [0.2, 0.25) is 0 Å². The van der Waals surface area contributed by atoms with Crippen molar-refractivity contribution >= 4 is 62.0 Å². The molecule has 0 bridgehead atoms. The minimum atomic E-state index is -4.14. The third-order valence-electron chi connectivity index (χ3n) is 5.79. The van der Waals surface area contributed by atoms with Crippen molar-refractivity contribution in [3.05, 3.63) is 70.4 Å². The van der Waals surface area contributed by atoms with Crippen molar-refractivity contribution < 1.29 is 27.5 Å². The minimum Gasteiger partial charge on any atom is -0.467 e. The molecule has 0 aliphatic carbocycles. The zero-order valence-corrected chi connectivity index (χ0v) is 25.1. The number of anilines is 3. The maximum Gasteiger partial charge on any atom is 0.328 e. The van der Waals surface area contributed by atoms with Gasteiger partial charge in [-0.15, -0.1) is 11.3 Å². The van der Waals surface area contributed by atoms with E-state index >= 15 is 0 Å². The molecule has 3 rings (SSSR count). The van der Waals surface area contributed by atoms with Gasteiger partial charge in [-0.1, -0.05) is 12.1 Å². The van der Waals surface area contributed by atoms with Crippen LogP contribution in [0, 0.1) is 11.3 Å². The van der Waals surface area contributed by atoms with Gasteiger partial charge in [-0.25, -0.2) is 13.2 Å². The normalized spacial score (nSPS) is 12.0. The zero-order chi connectivity index (χ0) is 31.4. The predicted octanol–water partition coefficient (Wildman–Crippen LogP) is 2.90. The molecule has 0 saturated carbocycles. The van der Waals surface area contributed by atoms with E-state index in [-0.39, 0.29) is 28.4 Å². The number of amidine groups is 1. The van der Waals surface area contributed by atoms with E-state index in [1.807, 2.05) is 6.07 Å². The number of methoxy groups -OCH3 is 1. The monoisotopic (exact) mass is 625 g/mol. The Morgan fingerprint density at radius 1 is 1.12 bits per heavy atom. The lowest BCUT2D eigenvalue weighted by Crippen LogP contribution is -2.41. The number of nitrogens with one attached hydrogen (secondary N) is 4. The lowest BCUT2D eigenvalue weighted by molar-refractivity contribution is -0.143.